The van der Waals surface area contributed by atoms with Crippen LogP contribution in [0.4, 0.5) is 0 Å². The van der Waals surface area contributed by atoms with Gasteiger partial charge in [0.1, 0.15) is 0 Å². The Labute approximate surface area is 185 Å². The minimum absolute atomic E-state index is 0.195. The molecule has 0 aliphatic carbocycles. The standard InChI is InChI=1S/C24H21Cl2NO3/c1-29-20-13-16-11-12-27(24(28)22-18(25)9-6-10-19(22)26)23(15-7-4-3-5-8-15)17(16)14-21(20)30-2/h3-10,13-14,23H,11-12H2,1-2H3/t23-/m0/s1. The summed E-state index contributed by atoms with van der Waals surface area (Å²) in [4.78, 5) is 15.4. The molecule has 6 heteroatoms. The highest BCUT2D eigenvalue weighted by molar-refractivity contribution is 6.39. The molecule has 30 heavy (non-hydrogen) atoms. The van der Waals surface area contributed by atoms with Gasteiger partial charge in [-0.05, 0) is 47.4 Å². The first-order chi connectivity index (χ1) is 14.5. The number of hydrogen-bond donors (Lipinski definition) is 0. The van der Waals surface area contributed by atoms with Gasteiger partial charge in [-0.25, -0.2) is 0 Å². The summed E-state index contributed by atoms with van der Waals surface area (Å²) in [5, 5.41) is 0.690. The Morgan fingerprint density at radius 3 is 2.20 bits per heavy atom. The van der Waals surface area contributed by atoms with Gasteiger partial charge in [0.05, 0.1) is 35.9 Å². The molecule has 1 amide bonds. The molecule has 0 N–H and O–H groups in total. The van der Waals surface area contributed by atoms with Crippen molar-refractivity contribution in [2.45, 2.75) is 12.5 Å². The summed E-state index contributed by atoms with van der Waals surface area (Å²) >= 11 is 12.7. The number of carbonyl (C=O) groups is 1. The van der Waals surface area contributed by atoms with Gasteiger partial charge in [-0.3, -0.25) is 4.79 Å². The van der Waals surface area contributed by atoms with E-state index in [4.69, 9.17) is 32.7 Å². The van der Waals surface area contributed by atoms with Gasteiger partial charge in [-0.1, -0.05) is 59.6 Å². The molecule has 0 aromatic heterocycles. The summed E-state index contributed by atoms with van der Waals surface area (Å²) in [7, 11) is 3.23. The highest BCUT2D eigenvalue weighted by atomic mass is 35.5. The zero-order chi connectivity index (χ0) is 21.3. The predicted octanol–water partition coefficient (Wildman–Crippen LogP) is 5.80. The van der Waals surface area contributed by atoms with Crippen molar-refractivity contribution in [3.8, 4) is 11.5 Å². The number of hydrogen-bond acceptors (Lipinski definition) is 3. The number of ether oxygens (including phenoxy) is 2. The molecule has 4 rings (SSSR count). The van der Waals surface area contributed by atoms with Crippen LogP contribution in [0.25, 0.3) is 0 Å². The normalized spacial score (nSPS) is 15.5. The summed E-state index contributed by atoms with van der Waals surface area (Å²) in [6, 6.07) is 18.7. The third kappa shape index (κ3) is 3.62. The second-order valence-corrected chi connectivity index (χ2v) is 7.88. The second-order valence-electron chi connectivity index (χ2n) is 7.06. The van der Waals surface area contributed by atoms with E-state index in [-0.39, 0.29) is 11.9 Å². The minimum atomic E-state index is -0.297. The Bertz CT molecular complexity index is 1070. The fraction of sp³-hybridized carbons (Fsp3) is 0.208. The summed E-state index contributed by atoms with van der Waals surface area (Å²) in [5.74, 6) is 1.11. The van der Waals surface area contributed by atoms with Crippen molar-refractivity contribution in [3.63, 3.8) is 0 Å². The molecule has 0 fully saturated rings. The maximum Gasteiger partial charge on any atom is 0.257 e. The molecular weight excluding hydrogens is 421 g/mol. The van der Waals surface area contributed by atoms with Gasteiger partial charge in [-0.15, -0.1) is 0 Å². The SMILES string of the molecule is COc1cc2c(cc1OC)[C@H](c1ccccc1)N(C(=O)c1c(Cl)cccc1Cl)CC2. The van der Waals surface area contributed by atoms with Crippen molar-refractivity contribution in [2.75, 3.05) is 20.8 Å². The average Bonchev–Trinajstić information content (AvgIpc) is 2.77. The van der Waals surface area contributed by atoms with Gasteiger partial charge in [0.2, 0.25) is 0 Å². The van der Waals surface area contributed by atoms with E-state index in [0.717, 1.165) is 16.7 Å². The maximum absolute atomic E-state index is 13.6. The van der Waals surface area contributed by atoms with Crippen LogP contribution in [0.15, 0.2) is 60.7 Å². The minimum Gasteiger partial charge on any atom is -0.493 e. The van der Waals surface area contributed by atoms with E-state index < -0.39 is 0 Å². The van der Waals surface area contributed by atoms with Crippen LogP contribution < -0.4 is 9.47 Å². The van der Waals surface area contributed by atoms with Gasteiger partial charge in [0, 0.05) is 6.54 Å². The zero-order valence-electron chi connectivity index (χ0n) is 16.7. The van der Waals surface area contributed by atoms with E-state index >= 15 is 0 Å². The Morgan fingerprint density at radius 2 is 1.57 bits per heavy atom. The van der Waals surface area contributed by atoms with Crippen molar-refractivity contribution < 1.29 is 14.3 Å². The van der Waals surface area contributed by atoms with Crippen LogP contribution >= 0.6 is 23.2 Å². The summed E-state index contributed by atoms with van der Waals surface area (Å²) in [6.45, 7) is 0.530. The number of methoxy groups -OCH3 is 2. The van der Waals surface area contributed by atoms with Crippen LogP contribution in [-0.2, 0) is 6.42 Å². The third-order valence-electron chi connectivity index (χ3n) is 5.43. The van der Waals surface area contributed by atoms with Crippen molar-refractivity contribution in [1.82, 2.24) is 4.90 Å². The molecule has 0 bridgehead atoms. The second kappa shape index (κ2) is 8.58. The van der Waals surface area contributed by atoms with Crippen LogP contribution in [0, 0.1) is 0 Å². The molecule has 1 aliphatic heterocycles. The molecule has 1 heterocycles. The Balaban J connectivity index is 1.87. The lowest BCUT2D eigenvalue weighted by molar-refractivity contribution is 0.0694. The van der Waals surface area contributed by atoms with E-state index in [1.54, 1.807) is 32.4 Å². The highest BCUT2D eigenvalue weighted by Gasteiger charge is 2.35. The predicted molar refractivity (Wildman–Crippen MR) is 119 cm³/mol. The summed E-state index contributed by atoms with van der Waals surface area (Å²) in [5.41, 5.74) is 3.45. The molecule has 3 aromatic rings. The quantitative estimate of drug-likeness (QED) is 0.513. The number of nitrogens with zero attached hydrogens (tertiary/aromatic N) is 1. The first kappa shape index (κ1) is 20.6. The molecular formula is C24H21Cl2NO3. The smallest absolute Gasteiger partial charge is 0.257 e. The summed E-state index contributed by atoms with van der Waals surface area (Å²) in [6.07, 6.45) is 0.687. The fourth-order valence-electron chi connectivity index (χ4n) is 4.01. The fourth-order valence-corrected chi connectivity index (χ4v) is 4.56. The topological polar surface area (TPSA) is 38.8 Å². The number of halogens is 2. The van der Waals surface area contributed by atoms with E-state index in [9.17, 15) is 4.79 Å². The number of carbonyl (C=O) groups excluding carboxylic acids is 1. The van der Waals surface area contributed by atoms with Gasteiger partial charge >= 0.3 is 0 Å². The molecule has 0 saturated carbocycles. The van der Waals surface area contributed by atoms with E-state index in [2.05, 4.69) is 0 Å². The third-order valence-corrected chi connectivity index (χ3v) is 6.06. The van der Waals surface area contributed by atoms with Gasteiger partial charge in [0.15, 0.2) is 11.5 Å². The van der Waals surface area contributed by atoms with E-state index in [1.807, 2.05) is 47.4 Å². The molecule has 0 unspecified atom stereocenters. The van der Waals surface area contributed by atoms with Crippen LogP contribution in [0.5, 0.6) is 11.5 Å². The first-order valence-electron chi connectivity index (χ1n) is 9.60. The lowest BCUT2D eigenvalue weighted by Crippen LogP contribution is -2.41. The zero-order valence-corrected chi connectivity index (χ0v) is 18.2. The molecule has 1 aliphatic rings. The van der Waals surface area contributed by atoms with Crippen LogP contribution in [0.2, 0.25) is 10.0 Å². The average molecular weight is 442 g/mol. The lowest BCUT2D eigenvalue weighted by atomic mass is 9.87. The lowest BCUT2D eigenvalue weighted by Gasteiger charge is -2.38. The molecule has 0 radical (unpaired) electrons. The van der Waals surface area contributed by atoms with E-state index in [0.29, 0.717) is 40.1 Å². The Hall–Kier alpha value is -2.69. The van der Waals surface area contributed by atoms with Crippen molar-refractivity contribution >= 4 is 29.1 Å². The number of rotatable bonds is 4. The maximum atomic E-state index is 13.6. The molecule has 0 spiro atoms. The molecule has 0 saturated heterocycles. The molecule has 1 atom stereocenters. The number of amides is 1. The molecule has 3 aromatic carbocycles. The highest BCUT2D eigenvalue weighted by Crippen LogP contribution is 2.42. The van der Waals surface area contributed by atoms with Crippen LogP contribution in [0.3, 0.4) is 0 Å². The van der Waals surface area contributed by atoms with Gasteiger partial charge in [-0.2, -0.15) is 0 Å². The van der Waals surface area contributed by atoms with Crippen LogP contribution in [-0.4, -0.2) is 31.6 Å². The Morgan fingerprint density at radius 1 is 0.933 bits per heavy atom. The Kier molecular flexibility index (Phi) is 5.89. The van der Waals surface area contributed by atoms with Gasteiger partial charge < -0.3 is 14.4 Å². The van der Waals surface area contributed by atoms with Gasteiger partial charge in [0.25, 0.3) is 5.91 Å². The molecule has 154 valence electrons. The summed E-state index contributed by atoms with van der Waals surface area (Å²) < 4.78 is 11.0. The molecule has 4 nitrogen and oxygen atoms in total. The van der Waals surface area contributed by atoms with Crippen LogP contribution in [0.1, 0.15) is 33.1 Å². The van der Waals surface area contributed by atoms with Crippen molar-refractivity contribution in [1.29, 1.82) is 0 Å². The largest absolute Gasteiger partial charge is 0.493 e. The van der Waals surface area contributed by atoms with Crippen molar-refractivity contribution in [2.24, 2.45) is 0 Å². The monoisotopic (exact) mass is 441 g/mol. The van der Waals surface area contributed by atoms with Crippen molar-refractivity contribution in [3.05, 3.63) is 93.0 Å². The van der Waals surface area contributed by atoms with E-state index in [1.165, 1.54) is 0 Å². The first-order valence-corrected chi connectivity index (χ1v) is 10.4. The number of benzene rings is 3. The number of fused-ring (bicyclic) bond motifs is 1.